The van der Waals surface area contributed by atoms with Crippen molar-refractivity contribution >= 4 is 11.9 Å². The molecule has 0 unspecified atom stereocenters. The number of aromatic hydroxyl groups is 1. The number of hydrogen-bond acceptors (Lipinski definition) is 5. The maximum Gasteiger partial charge on any atom is 0.362 e. The average molecular weight is 276 g/mol. The molecule has 1 aromatic heterocycles. The van der Waals surface area contributed by atoms with Crippen LogP contribution >= 0.6 is 0 Å². The summed E-state index contributed by atoms with van der Waals surface area (Å²) in [6.45, 7) is 2.06. The molecule has 0 aliphatic heterocycles. The Morgan fingerprint density at radius 2 is 2.15 bits per heavy atom. The lowest BCUT2D eigenvalue weighted by molar-refractivity contribution is 0.0662. The molecule has 7 heteroatoms. The zero-order valence-electron chi connectivity index (χ0n) is 10.6. The number of phenolic OH excluding ortho intramolecular Hbond substituents is 1. The molecular weight excluding hydrogens is 264 g/mol. The van der Waals surface area contributed by atoms with Crippen molar-refractivity contribution < 1.29 is 24.5 Å². The fourth-order valence-electron chi connectivity index (χ4n) is 1.70. The zero-order valence-corrected chi connectivity index (χ0v) is 10.6. The number of phenols is 1. The van der Waals surface area contributed by atoms with Gasteiger partial charge in [-0.1, -0.05) is 6.07 Å². The van der Waals surface area contributed by atoms with Gasteiger partial charge in [0.15, 0.2) is 5.69 Å². The van der Waals surface area contributed by atoms with E-state index in [1.165, 1.54) is 28.9 Å². The number of carbonyl (C=O) groups excluding carboxylic acids is 1. The van der Waals surface area contributed by atoms with E-state index in [-0.39, 0.29) is 22.8 Å². The Bertz CT molecular complexity index is 663. The molecule has 1 heterocycles. The fraction of sp³-hybridized carbons (Fsp3) is 0.154. The number of carboxylic acid groups (broad SMARTS) is 1. The van der Waals surface area contributed by atoms with Crippen molar-refractivity contribution in [2.45, 2.75) is 13.5 Å². The van der Waals surface area contributed by atoms with Gasteiger partial charge in [-0.3, -0.25) is 4.68 Å². The number of hydrogen-bond donors (Lipinski definition) is 2. The highest BCUT2D eigenvalue weighted by Crippen LogP contribution is 2.20. The lowest BCUT2D eigenvalue weighted by Crippen LogP contribution is -2.18. The standard InChI is InChI=1S/C13H12N2O5/c1-2-15-11(10(7-14-15)12(17)18)13(19)20-9-5-3-4-8(16)6-9/h3-7,16H,2H2,1H3,(H,17,18). The molecule has 0 radical (unpaired) electrons. The lowest BCUT2D eigenvalue weighted by Gasteiger charge is -2.07. The summed E-state index contributed by atoms with van der Waals surface area (Å²) < 4.78 is 6.29. The van der Waals surface area contributed by atoms with E-state index in [1.54, 1.807) is 6.92 Å². The maximum atomic E-state index is 12.1. The van der Waals surface area contributed by atoms with Gasteiger partial charge in [-0.05, 0) is 19.1 Å². The molecule has 7 nitrogen and oxygen atoms in total. The summed E-state index contributed by atoms with van der Waals surface area (Å²) in [4.78, 5) is 23.1. The molecule has 0 spiro atoms. The van der Waals surface area contributed by atoms with Crippen molar-refractivity contribution in [2.24, 2.45) is 0 Å². The number of esters is 1. The number of aromatic carboxylic acids is 1. The Kier molecular flexibility index (Phi) is 3.69. The molecule has 104 valence electrons. The molecule has 2 rings (SSSR count). The normalized spacial score (nSPS) is 10.2. The predicted molar refractivity (Wildman–Crippen MR) is 67.9 cm³/mol. The second-order valence-electron chi connectivity index (χ2n) is 3.91. The van der Waals surface area contributed by atoms with Crippen molar-refractivity contribution in [1.82, 2.24) is 9.78 Å². The molecule has 1 aromatic carbocycles. The maximum absolute atomic E-state index is 12.1. The summed E-state index contributed by atoms with van der Waals surface area (Å²) >= 11 is 0. The first kappa shape index (κ1) is 13.6. The van der Waals surface area contributed by atoms with Crippen LogP contribution < -0.4 is 4.74 Å². The highest BCUT2D eigenvalue weighted by Gasteiger charge is 2.24. The summed E-state index contributed by atoms with van der Waals surface area (Å²) in [6, 6.07) is 5.67. The number of carbonyl (C=O) groups is 2. The van der Waals surface area contributed by atoms with Gasteiger partial charge in [-0.25, -0.2) is 9.59 Å². The van der Waals surface area contributed by atoms with E-state index >= 15 is 0 Å². The van der Waals surface area contributed by atoms with Crippen LogP contribution in [0, 0.1) is 0 Å². The van der Waals surface area contributed by atoms with Gasteiger partial charge in [0.1, 0.15) is 17.1 Å². The summed E-state index contributed by atoms with van der Waals surface area (Å²) in [5, 5.41) is 22.2. The first-order valence-electron chi connectivity index (χ1n) is 5.83. The molecule has 0 saturated heterocycles. The van der Waals surface area contributed by atoms with Crippen LogP contribution in [0.5, 0.6) is 11.5 Å². The number of nitrogens with zero attached hydrogens (tertiary/aromatic N) is 2. The molecule has 0 amide bonds. The molecule has 0 bridgehead atoms. The van der Waals surface area contributed by atoms with E-state index in [9.17, 15) is 14.7 Å². The van der Waals surface area contributed by atoms with Gasteiger partial charge in [-0.2, -0.15) is 5.10 Å². The van der Waals surface area contributed by atoms with Crippen LogP contribution in [0.25, 0.3) is 0 Å². The number of rotatable bonds is 4. The smallest absolute Gasteiger partial charge is 0.362 e. The van der Waals surface area contributed by atoms with Crippen molar-refractivity contribution in [2.75, 3.05) is 0 Å². The first-order chi connectivity index (χ1) is 9.52. The molecule has 0 atom stereocenters. The molecular formula is C13H12N2O5. The van der Waals surface area contributed by atoms with Gasteiger partial charge in [0.05, 0.1) is 6.20 Å². The molecule has 2 aromatic rings. The monoisotopic (exact) mass is 276 g/mol. The lowest BCUT2D eigenvalue weighted by atomic mass is 10.2. The predicted octanol–water partition coefficient (Wildman–Crippen LogP) is 1.53. The number of aryl methyl sites for hydroxylation is 1. The molecule has 0 saturated carbocycles. The van der Waals surface area contributed by atoms with E-state index in [0.717, 1.165) is 6.20 Å². The van der Waals surface area contributed by atoms with Crippen LogP contribution in [0.1, 0.15) is 27.8 Å². The third-order valence-corrected chi connectivity index (χ3v) is 2.59. The van der Waals surface area contributed by atoms with Gasteiger partial charge in [0.25, 0.3) is 0 Å². The highest BCUT2D eigenvalue weighted by molar-refractivity contribution is 6.01. The topological polar surface area (TPSA) is 102 Å². The van der Waals surface area contributed by atoms with Crippen LogP contribution in [0.15, 0.2) is 30.5 Å². The minimum atomic E-state index is -1.26. The summed E-state index contributed by atoms with van der Waals surface area (Å²) in [5.74, 6) is -2.03. The van der Waals surface area contributed by atoms with Gasteiger partial charge >= 0.3 is 11.9 Å². The Balaban J connectivity index is 2.33. The van der Waals surface area contributed by atoms with Crippen LogP contribution in [0.3, 0.4) is 0 Å². The van der Waals surface area contributed by atoms with Crippen LogP contribution in [-0.4, -0.2) is 31.9 Å². The van der Waals surface area contributed by atoms with E-state index in [2.05, 4.69) is 5.10 Å². The molecule has 0 aliphatic carbocycles. The van der Waals surface area contributed by atoms with Crippen LogP contribution in [0.4, 0.5) is 0 Å². The molecule has 0 fully saturated rings. The van der Waals surface area contributed by atoms with Crippen LogP contribution in [0.2, 0.25) is 0 Å². The van der Waals surface area contributed by atoms with E-state index in [1.807, 2.05) is 0 Å². The van der Waals surface area contributed by atoms with Crippen LogP contribution in [-0.2, 0) is 6.54 Å². The second kappa shape index (κ2) is 5.43. The molecule has 2 N–H and O–H groups in total. The number of carboxylic acids is 1. The number of ether oxygens (including phenoxy) is 1. The first-order valence-corrected chi connectivity index (χ1v) is 5.83. The summed E-state index contributed by atoms with van der Waals surface area (Å²) in [6.07, 6.45) is 1.10. The van der Waals surface area contributed by atoms with Gasteiger partial charge in [0.2, 0.25) is 0 Å². The summed E-state index contributed by atoms with van der Waals surface area (Å²) in [5.41, 5.74) is -0.361. The third kappa shape index (κ3) is 2.61. The average Bonchev–Trinajstić information content (AvgIpc) is 2.82. The third-order valence-electron chi connectivity index (χ3n) is 2.59. The van der Waals surface area contributed by atoms with E-state index in [0.29, 0.717) is 6.54 Å². The summed E-state index contributed by atoms with van der Waals surface area (Å²) in [7, 11) is 0. The minimum absolute atomic E-state index is 0.0576. The minimum Gasteiger partial charge on any atom is -0.508 e. The van der Waals surface area contributed by atoms with Gasteiger partial charge < -0.3 is 14.9 Å². The zero-order chi connectivity index (χ0) is 14.7. The van der Waals surface area contributed by atoms with Crippen molar-refractivity contribution in [3.63, 3.8) is 0 Å². The quantitative estimate of drug-likeness (QED) is 0.648. The van der Waals surface area contributed by atoms with Gasteiger partial charge in [0, 0.05) is 12.6 Å². The largest absolute Gasteiger partial charge is 0.508 e. The Labute approximate surface area is 114 Å². The van der Waals surface area contributed by atoms with Crippen molar-refractivity contribution in [3.8, 4) is 11.5 Å². The van der Waals surface area contributed by atoms with E-state index in [4.69, 9.17) is 9.84 Å². The Morgan fingerprint density at radius 1 is 1.40 bits per heavy atom. The highest BCUT2D eigenvalue weighted by atomic mass is 16.5. The fourth-order valence-corrected chi connectivity index (χ4v) is 1.70. The van der Waals surface area contributed by atoms with E-state index < -0.39 is 11.9 Å². The second-order valence-corrected chi connectivity index (χ2v) is 3.91. The Morgan fingerprint density at radius 3 is 2.75 bits per heavy atom. The van der Waals surface area contributed by atoms with Crippen molar-refractivity contribution in [3.05, 3.63) is 41.7 Å². The number of aromatic nitrogens is 2. The number of benzene rings is 1. The van der Waals surface area contributed by atoms with Crippen molar-refractivity contribution in [1.29, 1.82) is 0 Å². The SMILES string of the molecule is CCn1ncc(C(=O)O)c1C(=O)Oc1cccc(O)c1. The molecule has 20 heavy (non-hydrogen) atoms. The Hall–Kier alpha value is -2.83. The van der Waals surface area contributed by atoms with Gasteiger partial charge in [-0.15, -0.1) is 0 Å². The molecule has 0 aliphatic rings.